The summed E-state index contributed by atoms with van der Waals surface area (Å²) in [7, 11) is 0. The van der Waals surface area contributed by atoms with E-state index >= 15 is 0 Å². The fraction of sp³-hybridized carbons (Fsp3) is 0.462. The van der Waals surface area contributed by atoms with Gasteiger partial charge in [-0.1, -0.05) is 0 Å². The third kappa shape index (κ3) is 5.22. The van der Waals surface area contributed by atoms with Crippen molar-refractivity contribution in [1.29, 1.82) is 0 Å². The maximum atomic E-state index is 13.3. The van der Waals surface area contributed by atoms with Crippen molar-refractivity contribution in [2.24, 2.45) is 11.8 Å². The van der Waals surface area contributed by atoms with Crippen LogP contribution in [-0.2, 0) is 17.2 Å². The molecule has 2 saturated carbocycles. The molecule has 2 aromatic carbocycles. The van der Waals surface area contributed by atoms with Crippen LogP contribution in [0.1, 0.15) is 64.2 Å². The van der Waals surface area contributed by atoms with Gasteiger partial charge in [0.2, 0.25) is 0 Å². The first kappa shape index (κ1) is 22.1. The van der Waals surface area contributed by atoms with Gasteiger partial charge in [0.15, 0.2) is 0 Å². The van der Waals surface area contributed by atoms with Crippen molar-refractivity contribution in [3.63, 3.8) is 0 Å². The van der Waals surface area contributed by atoms with E-state index in [0.717, 1.165) is 60.3 Å². The van der Waals surface area contributed by atoms with Gasteiger partial charge in [-0.2, -0.15) is 0 Å². The van der Waals surface area contributed by atoms with Crippen molar-refractivity contribution in [3.05, 3.63) is 60.7 Å². The zero-order chi connectivity index (χ0) is 21.5. The molecule has 0 atom stereocenters. The summed E-state index contributed by atoms with van der Waals surface area (Å²) in [5, 5.41) is 0. The minimum atomic E-state index is -3.79. The standard InChI is InChI=1S/C26H32O4Se/c27-25(21-13-5-1-6-14-21)29-31(23-17-9-3-10-18-23,24-19-11-4-12-20-24)30-26(28)22-15-7-2-8-16-22/h3-4,9-12,17-22H,1-2,5-8,13-16H2. The van der Waals surface area contributed by atoms with Crippen LogP contribution in [0.15, 0.2) is 60.7 Å². The molecule has 31 heavy (non-hydrogen) atoms. The molecular weight excluding hydrogens is 455 g/mol. The van der Waals surface area contributed by atoms with E-state index in [1.165, 1.54) is 12.8 Å². The third-order valence-corrected chi connectivity index (χ3v) is 11.8. The summed E-state index contributed by atoms with van der Waals surface area (Å²) in [6.07, 6.45) is 9.95. The Morgan fingerprint density at radius 2 is 0.935 bits per heavy atom. The summed E-state index contributed by atoms with van der Waals surface area (Å²) in [4.78, 5) is 26.7. The molecule has 4 rings (SSSR count). The number of hydrogen-bond donors (Lipinski definition) is 0. The quantitative estimate of drug-likeness (QED) is 0.564. The van der Waals surface area contributed by atoms with E-state index in [2.05, 4.69) is 0 Å². The van der Waals surface area contributed by atoms with Gasteiger partial charge in [-0.15, -0.1) is 0 Å². The van der Waals surface area contributed by atoms with E-state index in [-0.39, 0.29) is 23.8 Å². The summed E-state index contributed by atoms with van der Waals surface area (Å²) in [6, 6.07) is 19.3. The molecule has 2 aromatic rings. The second-order valence-electron chi connectivity index (χ2n) is 8.60. The molecular formula is C26H32O4Se. The number of rotatable bonds is 6. The van der Waals surface area contributed by atoms with E-state index < -0.39 is 13.5 Å². The second-order valence-corrected chi connectivity index (χ2v) is 13.4. The number of benzene rings is 2. The van der Waals surface area contributed by atoms with E-state index in [9.17, 15) is 9.59 Å². The molecule has 2 aliphatic carbocycles. The van der Waals surface area contributed by atoms with Gasteiger partial charge in [-0.3, -0.25) is 0 Å². The Balaban J connectivity index is 1.72. The van der Waals surface area contributed by atoms with Crippen molar-refractivity contribution in [2.45, 2.75) is 64.2 Å². The third-order valence-electron chi connectivity index (χ3n) is 6.38. The van der Waals surface area contributed by atoms with Crippen LogP contribution in [0.5, 0.6) is 0 Å². The Bertz CT molecular complexity index is 782. The Labute approximate surface area is 188 Å². The molecule has 0 radical (unpaired) electrons. The van der Waals surface area contributed by atoms with E-state index in [1.54, 1.807) is 0 Å². The normalized spacial score (nSPS) is 18.8. The molecule has 5 heteroatoms. The average Bonchev–Trinajstić information content (AvgIpc) is 2.85. The van der Waals surface area contributed by atoms with Gasteiger partial charge in [0.1, 0.15) is 0 Å². The van der Waals surface area contributed by atoms with Gasteiger partial charge in [-0.05, 0) is 0 Å². The Morgan fingerprint density at radius 1 is 0.581 bits per heavy atom. The molecule has 0 unspecified atom stereocenters. The van der Waals surface area contributed by atoms with Crippen molar-refractivity contribution in [1.82, 2.24) is 0 Å². The molecule has 166 valence electrons. The van der Waals surface area contributed by atoms with Gasteiger partial charge in [-0.25, -0.2) is 0 Å². The van der Waals surface area contributed by atoms with Crippen LogP contribution < -0.4 is 8.92 Å². The Kier molecular flexibility index (Phi) is 7.47. The van der Waals surface area contributed by atoms with Crippen molar-refractivity contribution in [3.8, 4) is 0 Å². The van der Waals surface area contributed by atoms with E-state index in [1.807, 2.05) is 60.7 Å². The maximum absolute atomic E-state index is 13.3. The van der Waals surface area contributed by atoms with Gasteiger partial charge >= 0.3 is 188 Å². The Hall–Kier alpha value is -2.10. The monoisotopic (exact) mass is 488 g/mol. The topological polar surface area (TPSA) is 52.6 Å². The molecule has 0 aromatic heterocycles. The molecule has 4 nitrogen and oxygen atoms in total. The van der Waals surface area contributed by atoms with E-state index in [4.69, 9.17) is 7.64 Å². The SMILES string of the molecule is O=C(O[Se](OC(=O)C1CCCCC1)(c1ccccc1)c1ccccc1)C1CCCCC1. The zero-order valence-electron chi connectivity index (χ0n) is 18.0. The van der Waals surface area contributed by atoms with Crippen molar-refractivity contribution < 1.29 is 17.2 Å². The molecule has 2 fully saturated rings. The molecule has 2 aliphatic rings. The van der Waals surface area contributed by atoms with Gasteiger partial charge in [0.25, 0.3) is 0 Å². The molecule has 0 amide bonds. The van der Waals surface area contributed by atoms with Crippen LogP contribution in [0.2, 0.25) is 0 Å². The van der Waals surface area contributed by atoms with Crippen LogP contribution >= 0.6 is 0 Å². The number of carbonyl (C=O) groups excluding carboxylic acids is 2. The van der Waals surface area contributed by atoms with Crippen LogP contribution in [0, 0.1) is 11.8 Å². The van der Waals surface area contributed by atoms with Crippen molar-refractivity contribution in [2.75, 3.05) is 0 Å². The van der Waals surface area contributed by atoms with Gasteiger partial charge in [0.05, 0.1) is 0 Å². The molecule has 0 spiro atoms. The zero-order valence-corrected chi connectivity index (χ0v) is 19.8. The fourth-order valence-corrected chi connectivity index (χ4v) is 9.74. The summed E-state index contributed by atoms with van der Waals surface area (Å²) in [5.74, 6) is -0.620. The number of hydrogen-bond acceptors (Lipinski definition) is 4. The van der Waals surface area contributed by atoms with Crippen LogP contribution in [0.25, 0.3) is 0 Å². The molecule has 0 N–H and O–H groups in total. The fourth-order valence-electron chi connectivity index (χ4n) is 4.59. The predicted molar refractivity (Wildman–Crippen MR) is 123 cm³/mol. The summed E-state index contributed by atoms with van der Waals surface area (Å²) in [6.45, 7) is 0. The Morgan fingerprint density at radius 3 is 1.29 bits per heavy atom. The minimum absolute atomic E-state index is 0.105. The van der Waals surface area contributed by atoms with Crippen LogP contribution in [0.4, 0.5) is 0 Å². The number of carbonyl (C=O) groups is 2. The van der Waals surface area contributed by atoms with Crippen LogP contribution in [-0.4, -0.2) is 25.4 Å². The summed E-state index contributed by atoms with van der Waals surface area (Å²) >= 11 is -3.79. The second kappa shape index (κ2) is 10.5. The van der Waals surface area contributed by atoms with Gasteiger partial charge in [0, 0.05) is 0 Å². The summed E-state index contributed by atoms with van der Waals surface area (Å²) in [5.41, 5.74) is 0. The average molecular weight is 487 g/mol. The molecule has 0 bridgehead atoms. The molecule has 0 aliphatic heterocycles. The molecule has 0 saturated heterocycles. The van der Waals surface area contributed by atoms with Gasteiger partial charge < -0.3 is 0 Å². The van der Waals surface area contributed by atoms with Crippen LogP contribution in [0.3, 0.4) is 0 Å². The molecule has 0 heterocycles. The summed E-state index contributed by atoms with van der Waals surface area (Å²) < 4.78 is 14.4. The first-order chi connectivity index (χ1) is 15.2. The van der Waals surface area contributed by atoms with E-state index in [0.29, 0.717) is 0 Å². The first-order valence-corrected chi connectivity index (χ1v) is 14.7. The first-order valence-electron chi connectivity index (χ1n) is 11.6. The predicted octanol–water partition coefficient (Wildman–Crippen LogP) is 4.49. The van der Waals surface area contributed by atoms with Crippen molar-refractivity contribution >= 4 is 34.4 Å².